The Labute approximate surface area is 187 Å². The van der Waals surface area contributed by atoms with E-state index in [9.17, 15) is 9.18 Å². The molecule has 168 valence electrons. The average molecular weight is 446 g/mol. The predicted molar refractivity (Wildman–Crippen MR) is 125 cm³/mol. The average Bonchev–Trinajstić information content (AvgIpc) is 3.29. The van der Waals surface area contributed by atoms with Gasteiger partial charge in [-0.1, -0.05) is 18.2 Å². The van der Waals surface area contributed by atoms with Gasteiger partial charge in [-0.15, -0.1) is 11.3 Å². The van der Waals surface area contributed by atoms with Crippen LogP contribution in [-0.2, 0) is 11.2 Å². The highest BCUT2D eigenvalue weighted by molar-refractivity contribution is 7.10. The lowest BCUT2D eigenvalue weighted by Gasteiger charge is -2.39. The molecule has 2 unspecified atom stereocenters. The predicted octanol–water partition coefficient (Wildman–Crippen LogP) is 2.79. The summed E-state index contributed by atoms with van der Waals surface area (Å²) in [5.74, 6) is 0.881. The molecule has 0 spiro atoms. The number of likely N-dealkylation sites (tertiary alicyclic amines) is 1. The minimum atomic E-state index is -0.297. The van der Waals surface area contributed by atoms with Crippen molar-refractivity contribution in [3.63, 3.8) is 0 Å². The molecule has 1 aliphatic heterocycles. The van der Waals surface area contributed by atoms with Gasteiger partial charge in [-0.25, -0.2) is 4.39 Å². The second kappa shape index (κ2) is 11.8. The Morgan fingerprint density at radius 2 is 1.97 bits per heavy atom. The first kappa shape index (κ1) is 23.2. The number of carbonyl (C=O) groups is 1. The summed E-state index contributed by atoms with van der Waals surface area (Å²) >= 11 is 1.82. The van der Waals surface area contributed by atoms with Crippen LogP contribution in [0.3, 0.4) is 0 Å². The van der Waals surface area contributed by atoms with E-state index in [2.05, 4.69) is 50.4 Å². The molecule has 1 aromatic heterocycles. The number of benzene rings is 1. The van der Waals surface area contributed by atoms with Crippen LogP contribution >= 0.6 is 11.3 Å². The molecule has 2 atom stereocenters. The maximum Gasteiger partial charge on any atom is 0.224 e. The first-order chi connectivity index (χ1) is 15.1. The third kappa shape index (κ3) is 7.04. The molecule has 1 saturated heterocycles. The molecule has 0 bridgehead atoms. The molecule has 3 rings (SSSR count). The summed E-state index contributed by atoms with van der Waals surface area (Å²) in [7, 11) is 3.96. The number of piperidine rings is 1. The molecule has 1 fully saturated rings. The lowest BCUT2D eigenvalue weighted by atomic mass is 9.88. The maximum atomic E-state index is 12.9. The van der Waals surface area contributed by atoms with E-state index in [-0.39, 0.29) is 18.1 Å². The van der Waals surface area contributed by atoms with Crippen LogP contribution in [0.1, 0.15) is 29.3 Å². The van der Waals surface area contributed by atoms with Gasteiger partial charge < -0.3 is 16.0 Å². The van der Waals surface area contributed by atoms with E-state index < -0.39 is 0 Å². The number of amides is 1. The van der Waals surface area contributed by atoms with E-state index >= 15 is 0 Å². The summed E-state index contributed by atoms with van der Waals surface area (Å²) in [5, 5.41) is 11.7. The molecule has 31 heavy (non-hydrogen) atoms. The summed E-state index contributed by atoms with van der Waals surface area (Å²) in [4.78, 5) is 20.2. The summed E-state index contributed by atoms with van der Waals surface area (Å²) < 4.78 is 12.9. The van der Waals surface area contributed by atoms with Crippen LogP contribution in [0.15, 0.2) is 46.8 Å². The van der Waals surface area contributed by atoms with E-state index in [1.165, 1.54) is 29.9 Å². The number of thiophene rings is 1. The van der Waals surface area contributed by atoms with Crippen LogP contribution in [0.5, 0.6) is 0 Å². The molecule has 0 aliphatic carbocycles. The van der Waals surface area contributed by atoms with Crippen molar-refractivity contribution in [1.29, 1.82) is 0 Å². The Kier molecular flexibility index (Phi) is 8.85. The fourth-order valence-corrected chi connectivity index (χ4v) is 5.05. The quantitative estimate of drug-likeness (QED) is 0.332. The lowest BCUT2D eigenvalue weighted by molar-refractivity contribution is -0.120. The number of nitrogens with one attached hydrogen (secondary N) is 3. The first-order valence-electron chi connectivity index (χ1n) is 10.8. The number of halogens is 1. The van der Waals surface area contributed by atoms with Gasteiger partial charge in [0.05, 0.1) is 6.42 Å². The fourth-order valence-electron chi connectivity index (χ4n) is 4.06. The number of nitrogens with zero attached hydrogens (tertiary/aromatic N) is 2. The second-order valence-corrected chi connectivity index (χ2v) is 8.86. The minimum Gasteiger partial charge on any atom is -0.356 e. The lowest BCUT2D eigenvalue weighted by Crippen LogP contribution is -2.46. The van der Waals surface area contributed by atoms with E-state index in [0.29, 0.717) is 25.0 Å². The Morgan fingerprint density at radius 1 is 1.19 bits per heavy atom. The number of rotatable bonds is 8. The van der Waals surface area contributed by atoms with Gasteiger partial charge in [0, 0.05) is 37.6 Å². The molecule has 1 amide bonds. The van der Waals surface area contributed by atoms with Crippen LogP contribution in [0, 0.1) is 11.7 Å². The van der Waals surface area contributed by atoms with Crippen molar-refractivity contribution in [1.82, 2.24) is 20.9 Å². The molecular formula is C23H32FN5OS. The van der Waals surface area contributed by atoms with Crippen LogP contribution < -0.4 is 16.0 Å². The van der Waals surface area contributed by atoms with E-state index in [1.807, 2.05) is 11.3 Å². The summed E-state index contributed by atoms with van der Waals surface area (Å²) in [5.41, 5.74) is 0.794. The smallest absolute Gasteiger partial charge is 0.224 e. The van der Waals surface area contributed by atoms with E-state index in [0.717, 1.165) is 24.6 Å². The highest BCUT2D eigenvalue weighted by Gasteiger charge is 2.31. The Hall–Kier alpha value is -2.45. The van der Waals surface area contributed by atoms with Crippen LogP contribution in [0.25, 0.3) is 0 Å². The van der Waals surface area contributed by atoms with Crippen LogP contribution in [0.4, 0.5) is 4.39 Å². The zero-order valence-electron chi connectivity index (χ0n) is 18.2. The normalized spacial score (nSPS) is 19.8. The standard InChI is InChI=1S/C23H32FN5OS/c1-25-23(27-12-11-26-21(30)15-17-7-9-19(24)10-8-17)28-16-18-5-3-13-29(2)22(18)20-6-4-14-31-20/h4,6-10,14,18,22H,3,5,11-13,15-16H2,1-2H3,(H,26,30)(H2,25,27,28). The van der Waals surface area contributed by atoms with Gasteiger partial charge in [-0.3, -0.25) is 14.7 Å². The molecule has 1 aromatic carbocycles. The largest absolute Gasteiger partial charge is 0.356 e. The molecule has 8 heteroatoms. The van der Waals surface area contributed by atoms with Gasteiger partial charge >= 0.3 is 0 Å². The molecule has 1 aliphatic rings. The third-order valence-corrected chi connectivity index (χ3v) is 6.56. The van der Waals surface area contributed by atoms with Gasteiger partial charge in [0.2, 0.25) is 5.91 Å². The minimum absolute atomic E-state index is 0.0830. The number of hydrogen-bond acceptors (Lipinski definition) is 4. The molecule has 2 aromatic rings. The highest BCUT2D eigenvalue weighted by Crippen LogP contribution is 2.36. The molecule has 0 saturated carbocycles. The first-order valence-corrected chi connectivity index (χ1v) is 11.6. The highest BCUT2D eigenvalue weighted by atomic mass is 32.1. The van der Waals surface area contributed by atoms with Crippen molar-refractivity contribution in [3.05, 3.63) is 58.0 Å². The fraction of sp³-hybridized carbons (Fsp3) is 0.478. The van der Waals surface area contributed by atoms with E-state index in [4.69, 9.17) is 0 Å². The molecular weight excluding hydrogens is 413 g/mol. The number of aliphatic imine (C=N–C) groups is 1. The van der Waals surface area contributed by atoms with E-state index in [1.54, 1.807) is 19.2 Å². The van der Waals surface area contributed by atoms with Gasteiger partial charge in [0.25, 0.3) is 0 Å². The molecule has 2 heterocycles. The van der Waals surface area contributed by atoms with Crippen molar-refractivity contribution in [2.45, 2.75) is 25.3 Å². The van der Waals surface area contributed by atoms with Gasteiger partial charge in [0.1, 0.15) is 5.82 Å². The van der Waals surface area contributed by atoms with Crippen molar-refractivity contribution in [2.75, 3.05) is 40.3 Å². The Bertz CT molecular complexity index is 840. The summed E-state index contributed by atoms with van der Waals surface area (Å²) in [6.45, 7) is 3.05. The van der Waals surface area contributed by atoms with Crippen molar-refractivity contribution >= 4 is 23.2 Å². The van der Waals surface area contributed by atoms with Gasteiger partial charge in [-0.2, -0.15) is 0 Å². The van der Waals surface area contributed by atoms with Gasteiger partial charge in [0.15, 0.2) is 5.96 Å². The molecule has 6 nitrogen and oxygen atoms in total. The molecule has 3 N–H and O–H groups in total. The number of hydrogen-bond donors (Lipinski definition) is 3. The van der Waals surface area contributed by atoms with Crippen molar-refractivity contribution in [2.24, 2.45) is 10.9 Å². The van der Waals surface area contributed by atoms with Gasteiger partial charge in [-0.05, 0) is 61.5 Å². The Morgan fingerprint density at radius 3 is 2.68 bits per heavy atom. The van der Waals surface area contributed by atoms with Crippen LogP contribution in [-0.4, -0.2) is 57.0 Å². The summed E-state index contributed by atoms with van der Waals surface area (Å²) in [6, 6.07) is 10.8. The van der Waals surface area contributed by atoms with Crippen molar-refractivity contribution < 1.29 is 9.18 Å². The number of carbonyl (C=O) groups excluding carboxylic acids is 1. The van der Waals surface area contributed by atoms with Crippen molar-refractivity contribution in [3.8, 4) is 0 Å². The zero-order chi connectivity index (χ0) is 22.1. The zero-order valence-corrected chi connectivity index (χ0v) is 19.1. The Balaban J connectivity index is 1.39. The maximum absolute atomic E-state index is 12.9. The van der Waals surface area contributed by atoms with Crippen LogP contribution in [0.2, 0.25) is 0 Å². The number of guanidine groups is 1. The summed E-state index contributed by atoms with van der Waals surface area (Å²) in [6.07, 6.45) is 2.64. The topological polar surface area (TPSA) is 68.8 Å². The third-order valence-electron chi connectivity index (χ3n) is 5.61. The second-order valence-electron chi connectivity index (χ2n) is 7.88. The SMILES string of the molecule is CN=C(NCCNC(=O)Cc1ccc(F)cc1)NCC1CCCN(C)C1c1cccs1. The molecule has 0 radical (unpaired) electrons. The monoisotopic (exact) mass is 445 g/mol.